The van der Waals surface area contributed by atoms with E-state index in [0.29, 0.717) is 17.0 Å². The van der Waals surface area contributed by atoms with Crippen LogP contribution in [-0.4, -0.2) is 44.2 Å². The number of amides is 1. The van der Waals surface area contributed by atoms with E-state index in [9.17, 15) is 9.18 Å². The van der Waals surface area contributed by atoms with Crippen molar-refractivity contribution in [2.75, 3.05) is 32.2 Å². The number of nitrogens with zero attached hydrogens (tertiary/aromatic N) is 2. The lowest BCUT2D eigenvalue weighted by Gasteiger charge is -2.38. The minimum absolute atomic E-state index is 0.0391. The third-order valence-corrected chi connectivity index (χ3v) is 6.15. The quantitative estimate of drug-likeness (QED) is 0.501. The molecular weight excluding hydrogens is 419 g/mol. The molecule has 1 heterocycles. The number of hydrogen-bond donors (Lipinski definition) is 0. The Hall–Kier alpha value is -3.38. The molecule has 0 saturated carbocycles. The van der Waals surface area contributed by atoms with Gasteiger partial charge < -0.3 is 14.4 Å². The van der Waals surface area contributed by atoms with Crippen molar-refractivity contribution in [3.63, 3.8) is 0 Å². The lowest BCUT2D eigenvalue weighted by molar-refractivity contribution is 0.0958. The van der Waals surface area contributed by atoms with E-state index in [4.69, 9.17) is 9.47 Å². The van der Waals surface area contributed by atoms with Gasteiger partial charge >= 0.3 is 0 Å². The second-order valence-corrected chi connectivity index (χ2v) is 8.24. The molecule has 4 rings (SSSR count). The summed E-state index contributed by atoms with van der Waals surface area (Å²) in [6, 6.07) is 21.5. The highest BCUT2D eigenvalue weighted by Gasteiger charge is 2.30. The molecule has 3 aromatic carbocycles. The molecule has 33 heavy (non-hydrogen) atoms. The molecule has 6 heteroatoms. The van der Waals surface area contributed by atoms with Crippen molar-refractivity contribution in [1.29, 1.82) is 0 Å². The number of methoxy groups -OCH3 is 2. The van der Waals surface area contributed by atoms with E-state index < -0.39 is 0 Å². The maximum absolute atomic E-state index is 13.6. The van der Waals surface area contributed by atoms with Crippen LogP contribution in [0.4, 0.5) is 10.1 Å². The number of hydrogen-bond acceptors (Lipinski definition) is 4. The molecule has 0 aromatic heterocycles. The number of carbonyl (C=O) groups is 1. The molecular formula is C27H29FN2O3. The Morgan fingerprint density at radius 3 is 1.97 bits per heavy atom. The lowest BCUT2D eigenvalue weighted by Crippen LogP contribution is -2.47. The third kappa shape index (κ3) is 5.52. The molecule has 1 saturated heterocycles. The SMILES string of the molecule is COc1ccc(CN2CCC(N(C(=O)c3ccc(OC)cc3)c3ccc(F)cc3)CC2)cc1. The van der Waals surface area contributed by atoms with E-state index in [-0.39, 0.29) is 17.8 Å². The number of piperidine rings is 1. The Kier molecular flexibility index (Phi) is 7.25. The molecule has 0 atom stereocenters. The fraction of sp³-hybridized carbons (Fsp3) is 0.296. The van der Waals surface area contributed by atoms with Crippen molar-refractivity contribution in [1.82, 2.24) is 4.90 Å². The summed E-state index contributed by atoms with van der Waals surface area (Å²) in [4.78, 5) is 17.8. The van der Waals surface area contributed by atoms with Crippen LogP contribution in [0.2, 0.25) is 0 Å². The maximum atomic E-state index is 13.6. The van der Waals surface area contributed by atoms with Crippen LogP contribution in [0.25, 0.3) is 0 Å². The summed E-state index contributed by atoms with van der Waals surface area (Å²) < 4.78 is 24.0. The Morgan fingerprint density at radius 1 is 0.879 bits per heavy atom. The number of rotatable bonds is 7. The van der Waals surface area contributed by atoms with Crippen molar-refractivity contribution in [2.45, 2.75) is 25.4 Å². The fourth-order valence-electron chi connectivity index (χ4n) is 4.29. The summed E-state index contributed by atoms with van der Waals surface area (Å²) in [5.74, 6) is 1.15. The zero-order chi connectivity index (χ0) is 23.2. The monoisotopic (exact) mass is 448 g/mol. The van der Waals surface area contributed by atoms with E-state index in [0.717, 1.165) is 38.2 Å². The van der Waals surface area contributed by atoms with Crippen LogP contribution in [0.3, 0.4) is 0 Å². The molecule has 1 aliphatic heterocycles. The fourth-order valence-corrected chi connectivity index (χ4v) is 4.29. The average molecular weight is 449 g/mol. The van der Waals surface area contributed by atoms with Crippen molar-refractivity contribution < 1.29 is 18.7 Å². The predicted octanol–water partition coefficient (Wildman–Crippen LogP) is 5.15. The molecule has 5 nitrogen and oxygen atoms in total. The molecule has 0 aliphatic carbocycles. The molecule has 1 fully saturated rings. The lowest BCUT2D eigenvalue weighted by atomic mass is 10.00. The summed E-state index contributed by atoms with van der Waals surface area (Å²) >= 11 is 0. The van der Waals surface area contributed by atoms with Gasteiger partial charge in [0, 0.05) is 36.9 Å². The van der Waals surface area contributed by atoms with Gasteiger partial charge in [-0.2, -0.15) is 0 Å². The maximum Gasteiger partial charge on any atom is 0.258 e. The van der Waals surface area contributed by atoms with Gasteiger partial charge in [0.2, 0.25) is 0 Å². The molecule has 0 bridgehead atoms. The van der Waals surface area contributed by atoms with Gasteiger partial charge in [0.1, 0.15) is 17.3 Å². The van der Waals surface area contributed by atoms with Crippen LogP contribution in [0.5, 0.6) is 11.5 Å². The zero-order valence-corrected chi connectivity index (χ0v) is 19.0. The topological polar surface area (TPSA) is 42.0 Å². The van der Waals surface area contributed by atoms with Gasteiger partial charge in [0.15, 0.2) is 0 Å². The Morgan fingerprint density at radius 2 is 1.42 bits per heavy atom. The number of carbonyl (C=O) groups excluding carboxylic acids is 1. The summed E-state index contributed by atoms with van der Waals surface area (Å²) in [6.07, 6.45) is 1.69. The Bertz CT molecular complexity index is 1040. The normalized spacial score (nSPS) is 14.6. The van der Waals surface area contributed by atoms with Crippen molar-refractivity contribution >= 4 is 11.6 Å². The van der Waals surface area contributed by atoms with Gasteiger partial charge in [-0.25, -0.2) is 4.39 Å². The van der Waals surface area contributed by atoms with Gasteiger partial charge in [0.05, 0.1) is 14.2 Å². The van der Waals surface area contributed by atoms with Gasteiger partial charge in [-0.3, -0.25) is 9.69 Å². The Balaban J connectivity index is 1.48. The van der Waals surface area contributed by atoms with Gasteiger partial charge in [-0.15, -0.1) is 0 Å². The van der Waals surface area contributed by atoms with Crippen molar-refractivity contribution in [2.24, 2.45) is 0 Å². The molecule has 0 unspecified atom stereocenters. The molecule has 0 N–H and O–H groups in total. The minimum Gasteiger partial charge on any atom is -0.497 e. The Labute approximate surface area is 194 Å². The first kappa shape index (κ1) is 22.8. The summed E-state index contributed by atoms with van der Waals surface area (Å²) in [5, 5.41) is 0. The third-order valence-electron chi connectivity index (χ3n) is 6.15. The van der Waals surface area contributed by atoms with Crippen LogP contribution in [0.15, 0.2) is 72.8 Å². The highest BCUT2D eigenvalue weighted by molar-refractivity contribution is 6.06. The molecule has 3 aromatic rings. The van der Waals surface area contributed by atoms with E-state index >= 15 is 0 Å². The second kappa shape index (κ2) is 10.5. The summed E-state index contributed by atoms with van der Waals surface area (Å²) in [5.41, 5.74) is 2.53. The van der Waals surface area contributed by atoms with Crippen LogP contribution in [-0.2, 0) is 6.54 Å². The predicted molar refractivity (Wildman–Crippen MR) is 127 cm³/mol. The summed E-state index contributed by atoms with van der Waals surface area (Å²) in [7, 11) is 3.27. The summed E-state index contributed by atoms with van der Waals surface area (Å²) in [6.45, 7) is 2.62. The average Bonchev–Trinajstić information content (AvgIpc) is 2.87. The molecule has 172 valence electrons. The molecule has 1 aliphatic rings. The van der Waals surface area contributed by atoms with Crippen LogP contribution >= 0.6 is 0 Å². The standard InChI is InChI=1S/C27H29FN2O3/c1-32-25-11-3-20(4-12-25)19-29-17-15-24(16-18-29)30(23-9-7-22(28)8-10-23)27(31)21-5-13-26(33-2)14-6-21/h3-14,24H,15-19H2,1-2H3. The van der Waals surface area contributed by atoms with E-state index in [1.54, 1.807) is 50.6 Å². The van der Waals surface area contributed by atoms with Gasteiger partial charge in [0.25, 0.3) is 5.91 Å². The van der Waals surface area contributed by atoms with E-state index in [1.807, 2.05) is 17.0 Å². The van der Waals surface area contributed by atoms with Crippen molar-refractivity contribution in [3.05, 3.63) is 89.7 Å². The first-order valence-electron chi connectivity index (χ1n) is 11.2. The van der Waals surface area contributed by atoms with E-state index in [1.165, 1.54) is 17.7 Å². The number of likely N-dealkylation sites (tertiary alicyclic amines) is 1. The molecule has 0 spiro atoms. The largest absolute Gasteiger partial charge is 0.497 e. The van der Waals surface area contributed by atoms with Crippen LogP contribution < -0.4 is 14.4 Å². The number of anilines is 1. The van der Waals surface area contributed by atoms with Gasteiger partial charge in [-0.05, 0) is 79.1 Å². The highest BCUT2D eigenvalue weighted by Crippen LogP contribution is 2.27. The van der Waals surface area contributed by atoms with E-state index in [2.05, 4.69) is 17.0 Å². The first-order valence-corrected chi connectivity index (χ1v) is 11.2. The zero-order valence-electron chi connectivity index (χ0n) is 19.0. The second-order valence-electron chi connectivity index (χ2n) is 8.24. The first-order chi connectivity index (χ1) is 16.1. The highest BCUT2D eigenvalue weighted by atomic mass is 19.1. The van der Waals surface area contributed by atoms with Gasteiger partial charge in [-0.1, -0.05) is 12.1 Å². The molecule has 0 radical (unpaired) electrons. The number of halogens is 1. The minimum atomic E-state index is -0.315. The van der Waals surface area contributed by atoms with Crippen LogP contribution in [0, 0.1) is 5.82 Å². The number of benzene rings is 3. The smallest absolute Gasteiger partial charge is 0.258 e. The van der Waals surface area contributed by atoms with Crippen LogP contribution in [0.1, 0.15) is 28.8 Å². The van der Waals surface area contributed by atoms with Crippen molar-refractivity contribution in [3.8, 4) is 11.5 Å². The number of ether oxygens (including phenoxy) is 2. The molecule has 1 amide bonds.